The summed E-state index contributed by atoms with van der Waals surface area (Å²) in [6.45, 7) is 18.1. The van der Waals surface area contributed by atoms with E-state index in [1.165, 1.54) is 55.2 Å². The molecular formula is C37H39N. The molecule has 0 aromatic heterocycles. The molecule has 0 atom stereocenters. The highest BCUT2D eigenvalue weighted by Gasteiger charge is 2.39. The normalized spacial score (nSPS) is 16.7. The van der Waals surface area contributed by atoms with Crippen LogP contribution < -0.4 is 4.90 Å². The second-order valence-electron chi connectivity index (χ2n) is 11.8. The van der Waals surface area contributed by atoms with Gasteiger partial charge < -0.3 is 4.90 Å². The lowest BCUT2D eigenvalue weighted by atomic mass is 9.74. The molecule has 0 saturated carbocycles. The van der Waals surface area contributed by atoms with E-state index in [0.717, 1.165) is 5.57 Å². The summed E-state index contributed by atoms with van der Waals surface area (Å²) in [6, 6.07) is 26.3. The molecule has 0 aliphatic carbocycles. The molecule has 192 valence electrons. The molecule has 1 aliphatic rings. The lowest BCUT2D eigenvalue weighted by molar-refractivity contribution is 0.643. The van der Waals surface area contributed by atoms with Gasteiger partial charge in [0.05, 0.1) is 0 Å². The van der Waals surface area contributed by atoms with E-state index in [9.17, 15) is 0 Å². The highest BCUT2D eigenvalue weighted by Crippen LogP contribution is 2.50. The van der Waals surface area contributed by atoms with E-state index in [4.69, 9.17) is 0 Å². The van der Waals surface area contributed by atoms with Crippen molar-refractivity contribution in [3.05, 3.63) is 137 Å². The van der Waals surface area contributed by atoms with Crippen LogP contribution in [0.4, 0.5) is 5.69 Å². The van der Waals surface area contributed by atoms with E-state index in [-0.39, 0.29) is 10.8 Å². The SMILES string of the molecule is C=C(/C=C/C(C)=C/C=C1/N(C)c2ccc3ccccc3c2C1(C)C)C(C)(C)c1c(C)ccc2ccccc12. The second-order valence-corrected chi connectivity index (χ2v) is 11.8. The Bertz CT molecular complexity index is 1660. The molecule has 0 saturated heterocycles. The standard InChI is InChI=1S/C37H39N/c1-25(17-20-27(3)36(4,5)34-26(2)19-21-28-13-9-11-15-30(28)34)18-24-33-37(6,7)35-31-16-12-10-14-29(31)22-23-32(35)38(33)8/h9-24H,3H2,1-2,4-8H3/b20-17+,25-18+,33-24+. The highest BCUT2D eigenvalue weighted by molar-refractivity contribution is 5.94. The minimum Gasteiger partial charge on any atom is -0.347 e. The molecule has 1 heteroatoms. The van der Waals surface area contributed by atoms with Crippen LogP contribution in [-0.2, 0) is 10.8 Å². The Morgan fingerprint density at radius 3 is 2.16 bits per heavy atom. The van der Waals surface area contributed by atoms with E-state index >= 15 is 0 Å². The van der Waals surface area contributed by atoms with Crippen molar-refractivity contribution in [3.8, 4) is 0 Å². The lowest BCUT2D eigenvalue weighted by Gasteiger charge is -2.30. The number of fused-ring (bicyclic) bond motifs is 4. The first-order valence-electron chi connectivity index (χ1n) is 13.5. The highest BCUT2D eigenvalue weighted by atomic mass is 15.2. The Labute approximate surface area is 228 Å². The quantitative estimate of drug-likeness (QED) is 0.248. The Morgan fingerprint density at radius 2 is 1.45 bits per heavy atom. The van der Waals surface area contributed by atoms with Gasteiger partial charge in [-0.25, -0.2) is 0 Å². The molecule has 0 spiro atoms. The number of hydrogen-bond donors (Lipinski definition) is 0. The average Bonchev–Trinajstić information content (AvgIpc) is 3.10. The summed E-state index contributed by atoms with van der Waals surface area (Å²) in [5, 5.41) is 5.22. The van der Waals surface area contributed by atoms with Crippen LogP contribution >= 0.6 is 0 Å². The van der Waals surface area contributed by atoms with Crippen LogP contribution in [0.1, 0.15) is 51.3 Å². The fourth-order valence-electron chi connectivity index (χ4n) is 6.27. The zero-order valence-corrected chi connectivity index (χ0v) is 23.9. The smallest absolute Gasteiger partial charge is 0.0454 e. The number of allylic oxidation sites excluding steroid dienone is 7. The minimum absolute atomic E-state index is 0.0804. The molecule has 1 aliphatic heterocycles. The maximum absolute atomic E-state index is 4.51. The fourth-order valence-corrected chi connectivity index (χ4v) is 6.27. The van der Waals surface area contributed by atoms with Gasteiger partial charge in [0.15, 0.2) is 0 Å². The predicted octanol–water partition coefficient (Wildman–Crippen LogP) is 9.95. The van der Waals surface area contributed by atoms with Gasteiger partial charge in [0.2, 0.25) is 0 Å². The maximum atomic E-state index is 4.51. The molecular weight excluding hydrogens is 458 g/mol. The average molecular weight is 498 g/mol. The number of aryl methyl sites for hydroxylation is 1. The first-order chi connectivity index (χ1) is 18.0. The van der Waals surface area contributed by atoms with Crippen molar-refractivity contribution in [2.24, 2.45) is 0 Å². The number of hydrogen-bond acceptors (Lipinski definition) is 1. The molecule has 5 rings (SSSR count). The summed E-state index contributed by atoms with van der Waals surface area (Å²) in [5.74, 6) is 0. The van der Waals surface area contributed by atoms with Crippen molar-refractivity contribution in [3.63, 3.8) is 0 Å². The van der Waals surface area contributed by atoms with Crippen molar-refractivity contribution < 1.29 is 0 Å². The zero-order valence-electron chi connectivity index (χ0n) is 23.9. The Hall–Kier alpha value is -3.84. The molecule has 38 heavy (non-hydrogen) atoms. The molecule has 0 N–H and O–H groups in total. The van der Waals surface area contributed by atoms with Gasteiger partial charge in [-0.1, -0.05) is 125 Å². The molecule has 0 radical (unpaired) electrons. The number of anilines is 1. The van der Waals surface area contributed by atoms with Gasteiger partial charge in [-0.15, -0.1) is 0 Å². The Kier molecular flexibility index (Phi) is 6.43. The summed E-state index contributed by atoms with van der Waals surface area (Å²) in [5.41, 5.74) is 8.71. The molecule has 0 fully saturated rings. The monoisotopic (exact) mass is 497 g/mol. The van der Waals surface area contributed by atoms with E-state index in [1.807, 2.05) is 0 Å². The van der Waals surface area contributed by atoms with Crippen molar-refractivity contribution in [1.82, 2.24) is 0 Å². The van der Waals surface area contributed by atoms with Gasteiger partial charge >= 0.3 is 0 Å². The van der Waals surface area contributed by atoms with Crippen LogP contribution in [0.2, 0.25) is 0 Å². The van der Waals surface area contributed by atoms with Gasteiger partial charge in [0.1, 0.15) is 0 Å². The minimum atomic E-state index is -0.184. The van der Waals surface area contributed by atoms with Crippen LogP contribution in [-0.4, -0.2) is 7.05 Å². The van der Waals surface area contributed by atoms with Gasteiger partial charge in [0.25, 0.3) is 0 Å². The third-order valence-electron chi connectivity index (χ3n) is 8.51. The molecule has 1 heterocycles. The molecule has 0 unspecified atom stereocenters. The third kappa shape index (κ3) is 4.21. The topological polar surface area (TPSA) is 3.24 Å². The maximum Gasteiger partial charge on any atom is 0.0454 e. The van der Waals surface area contributed by atoms with Crippen LogP contribution in [0, 0.1) is 6.92 Å². The molecule has 0 bridgehead atoms. The van der Waals surface area contributed by atoms with Gasteiger partial charge in [-0.2, -0.15) is 0 Å². The van der Waals surface area contributed by atoms with Crippen LogP contribution in [0.15, 0.2) is 121 Å². The zero-order chi connectivity index (χ0) is 27.2. The largest absolute Gasteiger partial charge is 0.347 e. The number of benzene rings is 4. The van der Waals surface area contributed by atoms with Crippen LogP contribution in [0.3, 0.4) is 0 Å². The van der Waals surface area contributed by atoms with E-state index < -0.39 is 0 Å². The summed E-state index contributed by atoms with van der Waals surface area (Å²) < 4.78 is 0. The summed E-state index contributed by atoms with van der Waals surface area (Å²) in [4.78, 5) is 2.35. The Balaban J connectivity index is 1.43. The fraction of sp³-hybridized carbons (Fsp3) is 0.243. The van der Waals surface area contributed by atoms with Gasteiger partial charge in [-0.05, 0) is 69.8 Å². The lowest BCUT2D eigenvalue weighted by Crippen LogP contribution is -2.22. The predicted molar refractivity (Wildman–Crippen MR) is 167 cm³/mol. The summed E-state index contributed by atoms with van der Waals surface area (Å²) >= 11 is 0. The summed E-state index contributed by atoms with van der Waals surface area (Å²) in [6.07, 6.45) is 8.92. The van der Waals surface area contributed by atoms with E-state index in [1.54, 1.807) is 0 Å². The Morgan fingerprint density at radius 1 is 0.842 bits per heavy atom. The third-order valence-corrected chi connectivity index (χ3v) is 8.51. The van der Waals surface area contributed by atoms with Crippen molar-refractivity contribution >= 4 is 27.2 Å². The van der Waals surface area contributed by atoms with Crippen molar-refractivity contribution in [2.45, 2.75) is 52.4 Å². The molecule has 4 aromatic rings. The summed E-state index contributed by atoms with van der Waals surface area (Å²) in [7, 11) is 2.18. The second kappa shape index (κ2) is 9.48. The first-order valence-corrected chi connectivity index (χ1v) is 13.5. The first kappa shape index (κ1) is 25.8. The van der Waals surface area contributed by atoms with E-state index in [0.29, 0.717) is 0 Å². The van der Waals surface area contributed by atoms with Gasteiger partial charge in [0, 0.05) is 29.3 Å². The van der Waals surface area contributed by atoms with Crippen LogP contribution in [0.25, 0.3) is 21.5 Å². The van der Waals surface area contributed by atoms with Gasteiger partial charge in [-0.3, -0.25) is 0 Å². The van der Waals surface area contributed by atoms with Crippen molar-refractivity contribution in [2.75, 3.05) is 11.9 Å². The molecule has 4 aromatic carbocycles. The number of rotatable bonds is 5. The molecule has 0 amide bonds. The number of likely N-dealkylation sites (N-methyl/N-ethyl adjacent to an activating group) is 1. The molecule has 1 nitrogen and oxygen atoms in total. The van der Waals surface area contributed by atoms with Crippen LogP contribution in [0.5, 0.6) is 0 Å². The number of nitrogens with zero attached hydrogens (tertiary/aromatic N) is 1. The van der Waals surface area contributed by atoms with Crippen molar-refractivity contribution in [1.29, 1.82) is 0 Å². The van der Waals surface area contributed by atoms with E-state index in [2.05, 4.69) is 157 Å².